The maximum Gasteiger partial charge on any atom is 0.253 e. The van der Waals surface area contributed by atoms with Crippen molar-refractivity contribution in [2.75, 3.05) is 26.2 Å². The van der Waals surface area contributed by atoms with Gasteiger partial charge in [0.15, 0.2) is 5.82 Å². The maximum atomic E-state index is 13.2. The first-order valence-corrected chi connectivity index (χ1v) is 11.3. The number of nitrogens with zero attached hydrogens (tertiary/aromatic N) is 4. The zero-order chi connectivity index (χ0) is 21.4. The lowest BCUT2D eigenvalue weighted by Gasteiger charge is -2.37. The summed E-state index contributed by atoms with van der Waals surface area (Å²) < 4.78 is 13.2. The van der Waals surface area contributed by atoms with Crippen molar-refractivity contribution in [2.24, 2.45) is 5.92 Å². The summed E-state index contributed by atoms with van der Waals surface area (Å²) in [5.41, 5.74) is 0.466. The van der Waals surface area contributed by atoms with Gasteiger partial charge in [-0.2, -0.15) is 5.10 Å². The molecule has 3 aliphatic rings. The molecule has 2 aromatic rings. The molecule has 3 fully saturated rings. The molecule has 164 valence electrons. The van der Waals surface area contributed by atoms with E-state index in [9.17, 15) is 14.0 Å². The Labute approximate surface area is 181 Å². The number of amides is 2. The lowest BCUT2D eigenvalue weighted by molar-refractivity contribution is -0.138. The van der Waals surface area contributed by atoms with Crippen molar-refractivity contribution in [3.05, 3.63) is 47.3 Å². The fraction of sp³-hybridized carbons (Fsp3) is 0.565. The summed E-state index contributed by atoms with van der Waals surface area (Å²) in [6.45, 7) is 2.50. The average molecular weight is 426 g/mol. The fourth-order valence-corrected chi connectivity index (χ4v) is 4.76. The second-order valence-corrected chi connectivity index (χ2v) is 9.05. The summed E-state index contributed by atoms with van der Waals surface area (Å²) in [6, 6.07) is 5.61. The molecule has 0 radical (unpaired) electrons. The molecule has 31 heavy (non-hydrogen) atoms. The number of hydrogen-bond donors (Lipinski definition) is 1. The smallest absolute Gasteiger partial charge is 0.253 e. The summed E-state index contributed by atoms with van der Waals surface area (Å²) in [7, 11) is 0. The van der Waals surface area contributed by atoms with Crippen molar-refractivity contribution in [1.29, 1.82) is 0 Å². The van der Waals surface area contributed by atoms with Gasteiger partial charge in [-0.15, -0.1) is 0 Å². The molecular formula is C23H28FN5O2. The topological polar surface area (TPSA) is 82.2 Å². The molecule has 1 aromatic heterocycles. The molecule has 1 unspecified atom stereocenters. The molecule has 8 heteroatoms. The van der Waals surface area contributed by atoms with Crippen molar-refractivity contribution in [1.82, 2.24) is 25.0 Å². The minimum absolute atomic E-state index is 0.131. The van der Waals surface area contributed by atoms with Gasteiger partial charge in [0.2, 0.25) is 5.91 Å². The molecule has 3 heterocycles. The fourth-order valence-electron chi connectivity index (χ4n) is 4.76. The molecule has 1 N–H and O–H groups in total. The lowest BCUT2D eigenvalue weighted by Crippen LogP contribution is -2.48. The van der Waals surface area contributed by atoms with Crippen LogP contribution in [-0.4, -0.2) is 63.0 Å². The first-order valence-electron chi connectivity index (χ1n) is 11.3. The molecule has 1 aromatic carbocycles. The van der Waals surface area contributed by atoms with Crippen LogP contribution in [0.5, 0.6) is 0 Å². The second kappa shape index (κ2) is 8.40. The van der Waals surface area contributed by atoms with E-state index >= 15 is 0 Å². The van der Waals surface area contributed by atoms with Gasteiger partial charge in [0, 0.05) is 43.6 Å². The van der Waals surface area contributed by atoms with E-state index in [1.54, 1.807) is 4.90 Å². The van der Waals surface area contributed by atoms with E-state index in [1.807, 2.05) is 4.90 Å². The number of halogens is 1. The Balaban J connectivity index is 1.16. The Hall–Kier alpha value is -2.77. The summed E-state index contributed by atoms with van der Waals surface area (Å²) in [5.74, 6) is 2.26. The Bertz CT molecular complexity index is 947. The third-order valence-corrected chi connectivity index (χ3v) is 6.80. The van der Waals surface area contributed by atoms with Crippen LogP contribution in [0, 0.1) is 11.7 Å². The molecule has 0 spiro atoms. The number of carbonyl (C=O) groups excluding carboxylic acids is 2. The van der Waals surface area contributed by atoms with E-state index in [4.69, 9.17) is 0 Å². The first-order chi connectivity index (χ1) is 15.1. The number of nitrogens with one attached hydrogen (secondary N) is 1. The molecular weight excluding hydrogens is 397 g/mol. The van der Waals surface area contributed by atoms with Gasteiger partial charge in [0.1, 0.15) is 11.6 Å². The molecule has 5 rings (SSSR count). The molecule has 2 amide bonds. The van der Waals surface area contributed by atoms with E-state index in [2.05, 4.69) is 15.2 Å². The summed E-state index contributed by atoms with van der Waals surface area (Å²) >= 11 is 0. The number of aromatic nitrogens is 3. The zero-order valence-electron chi connectivity index (χ0n) is 17.6. The third kappa shape index (κ3) is 4.34. The zero-order valence-corrected chi connectivity index (χ0v) is 17.6. The number of benzene rings is 1. The second-order valence-electron chi connectivity index (χ2n) is 9.05. The van der Waals surface area contributed by atoms with Crippen LogP contribution in [0.1, 0.15) is 72.4 Å². The van der Waals surface area contributed by atoms with Crippen LogP contribution in [-0.2, 0) is 4.79 Å². The first kappa shape index (κ1) is 20.2. The van der Waals surface area contributed by atoms with Crippen LogP contribution in [0.25, 0.3) is 0 Å². The van der Waals surface area contributed by atoms with Crippen LogP contribution >= 0.6 is 0 Å². The monoisotopic (exact) mass is 425 g/mol. The van der Waals surface area contributed by atoms with Crippen molar-refractivity contribution in [3.63, 3.8) is 0 Å². The molecule has 1 atom stereocenters. The van der Waals surface area contributed by atoms with E-state index in [1.165, 1.54) is 37.1 Å². The molecule has 1 saturated carbocycles. The van der Waals surface area contributed by atoms with Gasteiger partial charge in [-0.05, 0) is 62.8 Å². The highest BCUT2D eigenvalue weighted by Gasteiger charge is 2.34. The summed E-state index contributed by atoms with van der Waals surface area (Å²) in [6.07, 6.45) is 5.76. The standard InChI is InChI=1S/C23H28FN5O2/c24-19-7-5-17(6-8-19)22(30)29-11-1-2-18(14-29)23(31)28-12-9-16(10-13-28)21-25-20(26-27-21)15-3-4-15/h5-8,15-16,18H,1-4,9-14H2,(H,25,26,27). The van der Waals surface area contributed by atoms with Gasteiger partial charge >= 0.3 is 0 Å². The average Bonchev–Trinajstić information content (AvgIpc) is 3.55. The van der Waals surface area contributed by atoms with Crippen molar-refractivity contribution in [3.8, 4) is 0 Å². The number of likely N-dealkylation sites (tertiary alicyclic amines) is 2. The van der Waals surface area contributed by atoms with Crippen molar-refractivity contribution in [2.45, 2.75) is 50.4 Å². The highest BCUT2D eigenvalue weighted by atomic mass is 19.1. The predicted molar refractivity (Wildman–Crippen MR) is 112 cm³/mol. The maximum absolute atomic E-state index is 13.2. The van der Waals surface area contributed by atoms with E-state index in [-0.39, 0.29) is 23.5 Å². The van der Waals surface area contributed by atoms with Gasteiger partial charge in [-0.25, -0.2) is 9.37 Å². The van der Waals surface area contributed by atoms with Crippen molar-refractivity contribution >= 4 is 11.8 Å². The molecule has 7 nitrogen and oxygen atoms in total. The summed E-state index contributed by atoms with van der Waals surface area (Å²) in [5, 5.41) is 7.47. The van der Waals surface area contributed by atoms with E-state index in [0.29, 0.717) is 43.6 Å². The minimum atomic E-state index is -0.360. The number of carbonyl (C=O) groups is 2. The van der Waals surface area contributed by atoms with Crippen LogP contribution < -0.4 is 0 Å². The highest BCUT2D eigenvalue weighted by molar-refractivity contribution is 5.94. The summed E-state index contributed by atoms with van der Waals surface area (Å²) in [4.78, 5) is 34.3. The van der Waals surface area contributed by atoms with Gasteiger partial charge in [0.05, 0.1) is 5.92 Å². The number of aromatic amines is 1. The van der Waals surface area contributed by atoms with E-state index in [0.717, 1.165) is 37.3 Å². The van der Waals surface area contributed by atoms with Gasteiger partial charge in [-0.1, -0.05) is 0 Å². The quantitative estimate of drug-likeness (QED) is 0.816. The van der Waals surface area contributed by atoms with Crippen LogP contribution in [0.15, 0.2) is 24.3 Å². The Morgan fingerprint density at radius 3 is 2.39 bits per heavy atom. The van der Waals surface area contributed by atoms with Crippen LogP contribution in [0.2, 0.25) is 0 Å². The normalized spacial score (nSPS) is 22.5. The largest absolute Gasteiger partial charge is 0.342 e. The number of H-pyrrole nitrogens is 1. The molecule has 2 saturated heterocycles. The SMILES string of the molecule is O=C(c1ccc(F)cc1)N1CCCC(C(=O)N2CCC(c3nc(C4CC4)n[nH]3)CC2)C1. The Morgan fingerprint density at radius 2 is 1.68 bits per heavy atom. The van der Waals surface area contributed by atoms with Crippen LogP contribution in [0.4, 0.5) is 4.39 Å². The molecule has 2 aliphatic heterocycles. The van der Waals surface area contributed by atoms with Crippen molar-refractivity contribution < 1.29 is 14.0 Å². The lowest BCUT2D eigenvalue weighted by atomic mass is 9.92. The highest BCUT2D eigenvalue weighted by Crippen LogP contribution is 2.38. The van der Waals surface area contributed by atoms with Gasteiger partial charge < -0.3 is 9.80 Å². The van der Waals surface area contributed by atoms with Gasteiger partial charge in [-0.3, -0.25) is 14.7 Å². The Kier molecular flexibility index (Phi) is 5.46. The van der Waals surface area contributed by atoms with E-state index < -0.39 is 0 Å². The third-order valence-electron chi connectivity index (χ3n) is 6.80. The number of piperidine rings is 2. The van der Waals surface area contributed by atoms with Gasteiger partial charge in [0.25, 0.3) is 5.91 Å². The Morgan fingerprint density at radius 1 is 0.935 bits per heavy atom. The van der Waals surface area contributed by atoms with Crippen LogP contribution in [0.3, 0.4) is 0 Å². The number of rotatable bonds is 4. The number of hydrogen-bond acceptors (Lipinski definition) is 4. The molecule has 0 bridgehead atoms. The molecule has 1 aliphatic carbocycles. The predicted octanol–water partition coefficient (Wildman–Crippen LogP) is 3.08. The minimum Gasteiger partial charge on any atom is -0.342 e.